The number of carbonyl (C=O) groups is 1. The van der Waals surface area contributed by atoms with Crippen LogP contribution in [0.25, 0.3) is 11.4 Å². The van der Waals surface area contributed by atoms with Crippen molar-refractivity contribution in [3.05, 3.63) is 48.3 Å². The fourth-order valence-electron chi connectivity index (χ4n) is 2.93. The number of benzene rings is 1. The van der Waals surface area contributed by atoms with Crippen molar-refractivity contribution in [2.45, 2.75) is 18.9 Å². The quantitative estimate of drug-likeness (QED) is 0.766. The van der Waals surface area contributed by atoms with Crippen molar-refractivity contribution in [3.8, 4) is 11.4 Å². The monoisotopic (exact) mass is 340 g/mol. The van der Waals surface area contributed by atoms with Crippen LogP contribution in [-0.2, 0) is 0 Å². The van der Waals surface area contributed by atoms with Crippen LogP contribution in [0.1, 0.15) is 24.6 Å². The largest absolute Gasteiger partial charge is 0.324 e. The molecule has 2 aromatic heterocycles. The average Bonchev–Trinajstić information content (AvgIpc) is 3.36. The molecule has 7 nitrogen and oxygen atoms in total. The molecule has 8 heteroatoms. The van der Waals surface area contributed by atoms with E-state index in [9.17, 15) is 4.79 Å². The molecule has 0 spiro atoms. The molecule has 1 unspecified atom stereocenters. The number of likely N-dealkylation sites (tertiary alicyclic amines) is 1. The Morgan fingerprint density at radius 2 is 2.17 bits per heavy atom. The third-order valence-electron chi connectivity index (χ3n) is 4.07. The molecule has 0 bridgehead atoms. The number of rotatable bonds is 3. The molecule has 0 aliphatic carbocycles. The van der Waals surface area contributed by atoms with Crippen molar-refractivity contribution >= 4 is 22.7 Å². The van der Waals surface area contributed by atoms with E-state index in [-0.39, 0.29) is 12.1 Å². The summed E-state index contributed by atoms with van der Waals surface area (Å²) in [6.07, 6.45) is 3.62. The summed E-state index contributed by atoms with van der Waals surface area (Å²) in [5.41, 5.74) is 1.90. The highest BCUT2D eigenvalue weighted by Crippen LogP contribution is 2.31. The second-order valence-corrected chi connectivity index (χ2v) is 6.33. The molecule has 1 aliphatic heterocycles. The first-order chi connectivity index (χ1) is 11.8. The third kappa shape index (κ3) is 2.88. The predicted octanol–water partition coefficient (Wildman–Crippen LogP) is 3.30. The minimum atomic E-state index is -0.150. The zero-order chi connectivity index (χ0) is 16.4. The molecule has 2 N–H and O–H groups in total. The Morgan fingerprint density at radius 1 is 1.29 bits per heavy atom. The number of hydrogen-bond acceptors (Lipinski definition) is 5. The molecule has 24 heavy (non-hydrogen) atoms. The summed E-state index contributed by atoms with van der Waals surface area (Å²) in [6.45, 7) is 0.722. The lowest BCUT2D eigenvalue weighted by Crippen LogP contribution is -2.34. The lowest BCUT2D eigenvalue weighted by atomic mass is 10.1. The first-order valence-corrected chi connectivity index (χ1v) is 8.54. The van der Waals surface area contributed by atoms with Gasteiger partial charge in [-0.25, -0.2) is 4.79 Å². The van der Waals surface area contributed by atoms with E-state index in [1.165, 1.54) is 11.5 Å². The van der Waals surface area contributed by atoms with E-state index in [1.54, 1.807) is 6.20 Å². The Hall–Kier alpha value is -2.74. The number of amides is 2. The maximum absolute atomic E-state index is 12.6. The van der Waals surface area contributed by atoms with Crippen molar-refractivity contribution < 1.29 is 4.79 Å². The minimum absolute atomic E-state index is 0.0361. The van der Waals surface area contributed by atoms with Gasteiger partial charge in [-0.3, -0.25) is 10.4 Å². The summed E-state index contributed by atoms with van der Waals surface area (Å²) in [6, 6.07) is 11.5. The standard InChI is InChI=1S/C16H16N6OS/c23-16(22-10-4-7-13(22)12-8-9-17-20-12)19-15-18-14(21-24-15)11-5-2-1-3-6-11/h1-3,5-6,8-9,13H,4,7,10H2,(H,17,20)(H,18,19,21,23). The molecule has 1 aliphatic rings. The van der Waals surface area contributed by atoms with Crippen LogP contribution in [0, 0.1) is 0 Å². The Morgan fingerprint density at radius 3 is 2.96 bits per heavy atom. The maximum Gasteiger partial charge on any atom is 0.324 e. The smallest absolute Gasteiger partial charge is 0.316 e. The van der Waals surface area contributed by atoms with E-state index in [1.807, 2.05) is 41.3 Å². The Kier molecular flexibility index (Phi) is 3.96. The van der Waals surface area contributed by atoms with Crippen molar-refractivity contribution in [1.29, 1.82) is 0 Å². The Balaban J connectivity index is 1.47. The maximum atomic E-state index is 12.6. The number of carbonyl (C=O) groups excluding carboxylic acids is 1. The van der Waals surface area contributed by atoms with Crippen molar-refractivity contribution in [3.63, 3.8) is 0 Å². The van der Waals surface area contributed by atoms with E-state index in [0.29, 0.717) is 11.0 Å². The second-order valence-electron chi connectivity index (χ2n) is 5.58. The van der Waals surface area contributed by atoms with Gasteiger partial charge in [-0.2, -0.15) is 14.5 Å². The van der Waals surface area contributed by atoms with Crippen molar-refractivity contribution in [1.82, 2.24) is 24.5 Å². The molecule has 122 valence electrons. The summed E-state index contributed by atoms with van der Waals surface area (Å²) in [5, 5.41) is 10.3. The zero-order valence-electron chi connectivity index (χ0n) is 12.8. The normalized spacial score (nSPS) is 17.2. The fraction of sp³-hybridized carbons (Fsp3) is 0.250. The Labute approximate surface area is 142 Å². The van der Waals surface area contributed by atoms with Gasteiger partial charge in [-0.15, -0.1) is 0 Å². The minimum Gasteiger partial charge on any atom is -0.316 e. The van der Waals surface area contributed by atoms with Crippen LogP contribution in [0.4, 0.5) is 9.93 Å². The molecule has 1 aromatic carbocycles. The lowest BCUT2D eigenvalue weighted by molar-refractivity contribution is 0.206. The number of aromatic amines is 1. The number of H-pyrrole nitrogens is 1. The van der Waals surface area contributed by atoms with Gasteiger partial charge in [0.25, 0.3) is 0 Å². The molecule has 2 amide bonds. The van der Waals surface area contributed by atoms with Gasteiger partial charge < -0.3 is 4.90 Å². The molecular weight excluding hydrogens is 324 g/mol. The first-order valence-electron chi connectivity index (χ1n) is 7.77. The van der Waals surface area contributed by atoms with Gasteiger partial charge in [0.15, 0.2) is 5.82 Å². The predicted molar refractivity (Wildman–Crippen MR) is 91.6 cm³/mol. The van der Waals surface area contributed by atoms with Gasteiger partial charge in [0.2, 0.25) is 5.13 Å². The van der Waals surface area contributed by atoms with E-state index in [4.69, 9.17) is 0 Å². The molecule has 1 atom stereocenters. The van der Waals surface area contributed by atoms with E-state index in [0.717, 1.165) is 30.6 Å². The summed E-state index contributed by atoms with van der Waals surface area (Å²) in [7, 11) is 0. The van der Waals surface area contributed by atoms with Crippen LogP contribution in [0.3, 0.4) is 0 Å². The first kappa shape index (κ1) is 14.8. The zero-order valence-corrected chi connectivity index (χ0v) is 13.7. The summed E-state index contributed by atoms with van der Waals surface area (Å²) in [5.74, 6) is 0.627. The topological polar surface area (TPSA) is 86.8 Å². The summed E-state index contributed by atoms with van der Waals surface area (Å²) < 4.78 is 4.32. The average molecular weight is 340 g/mol. The molecule has 1 saturated heterocycles. The third-order valence-corrected chi connectivity index (χ3v) is 4.70. The number of nitrogens with one attached hydrogen (secondary N) is 2. The fourth-order valence-corrected chi connectivity index (χ4v) is 3.51. The molecule has 0 radical (unpaired) electrons. The molecule has 3 heterocycles. The van der Waals surface area contributed by atoms with E-state index >= 15 is 0 Å². The SMILES string of the molecule is O=C(Nc1nc(-c2ccccc2)ns1)N1CCCC1c1ccn[nH]1. The summed E-state index contributed by atoms with van der Waals surface area (Å²) in [4.78, 5) is 18.8. The van der Waals surface area contributed by atoms with Crippen LogP contribution in [-0.4, -0.2) is 37.0 Å². The van der Waals surface area contributed by atoms with Crippen molar-refractivity contribution in [2.24, 2.45) is 0 Å². The second kappa shape index (κ2) is 6.40. The van der Waals surface area contributed by atoms with E-state index < -0.39 is 0 Å². The van der Waals surface area contributed by atoms with Gasteiger partial charge >= 0.3 is 6.03 Å². The highest BCUT2D eigenvalue weighted by atomic mass is 32.1. The van der Waals surface area contributed by atoms with Crippen LogP contribution >= 0.6 is 11.5 Å². The molecular formula is C16H16N6OS. The number of anilines is 1. The molecule has 4 rings (SSSR count). The van der Waals surface area contributed by atoms with Crippen molar-refractivity contribution in [2.75, 3.05) is 11.9 Å². The number of nitrogens with zero attached hydrogens (tertiary/aromatic N) is 4. The lowest BCUT2D eigenvalue weighted by Gasteiger charge is -2.23. The number of urea groups is 1. The van der Waals surface area contributed by atoms with Gasteiger partial charge in [0.1, 0.15) is 0 Å². The van der Waals surface area contributed by atoms with Crippen LogP contribution < -0.4 is 5.32 Å². The van der Waals surface area contributed by atoms with Gasteiger partial charge in [-0.1, -0.05) is 30.3 Å². The number of hydrogen-bond donors (Lipinski definition) is 2. The van der Waals surface area contributed by atoms with Gasteiger partial charge in [0.05, 0.1) is 11.7 Å². The summed E-state index contributed by atoms with van der Waals surface area (Å²) >= 11 is 1.19. The number of aromatic nitrogens is 4. The van der Waals surface area contributed by atoms with Gasteiger partial charge in [-0.05, 0) is 18.9 Å². The van der Waals surface area contributed by atoms with Crippen LogP contribution in [0.2, 0.25) is 0 Å². The molecule has 1 fully saturated rings. The van der Waals surface area contributed by atoms with Crippen LogP contribution in [0.5, 0.6) is 0 Å². The van der Waals surface area contributed by atoms with Crippen LogP contribution in [0.15, 0.2) is 42.6 Å². The highest BCUT2D eigenvalue weighted by Gasteiger charge is 2.31. The van der Waals surface area contributed by atoms with E-state index in [2.05, 4.69) is 24.9 Å². The Bertz CT molecular complexity index is 816. The molecule has 0 saturated carbocycles. The van der Waals surface area contributed by atoms with Gasteiger partial charge in [0, 0.05) is 29.8 Å². The highest BCUT2D eigenvalue weighted by molar-refractivity contribution is 7.10. The molecule has 3 aromatic rings.